The van der Waals surface area contributed by atoms with E-state index < -0.39 is 0 Å². The van der Waals surface area contributed by atoms with E-state index in [2.05, 4.69) is 20.9 Å². The average molecular weight is 367 g/mol. The Morgan fingerprint density at radius 3 is 2.63 bits per heavy atom. The summed E-state index contributed by atoms with van der Waals surface area (Å²) >= 11 is 0. The zero-order chi connectivity index (χ0) is 19.6. The van der Waals surface area contributed by atoms with Crippen molar-refractivity contribution in [2.24, 2.45) is 0 Å². The van der Waals surface area contributed by atoms with Gasteiger partial charge in [0.05, 0.1) is 11.3 Å². The lowest BCUT2D eigenvalue weighted by molar-refractivity contribution is 0.0944. The predicted molar refractivity (Wildman–Crippen MR) is 106 cm³/mol. The van der Waals surface area contributed by atoms with Crippen molar-refractivity contribution in [2.45, 2.75) is 39.7 Å². The first-order valence-corrected chi connectivity index (χ1v) is 9.14. The molecular formula is C20H25N5O2. The highest BCUT2D eigenvalue weighted by Gasteiger charge is 2.25. The van der Waals surface area contributed by atoms with Gasteiger partial charge in [0, 0.05) is 30.0 Å². The fourth-order valence-corrected chi connectivity index (χ4v) is 2.84. The highest BCUT2D eigenvalue weighted by atomic mass is 16.2. The highest BCUT2D eigenvalue weighted by Crippen LogP contribution is 2.22. The molecule has 0 atom stereocenters. The maximum absolute atomic E-state index is 12.3. The number of H-pyrrole nitrogens is 1. The molecule has 0 spiro atoms. The summed E-state index contributed by atoms with van der Waals surface area (Å²) in [6.45, 7) is 6.15. The first kappa shape index (κ1) is 18.7. The largest absolute Gasteiger partial charge is 0.358 e. The van der Waals surface area contributed by atoms with E-state index in [4.69, 9.17) is 5.41 Å². The number of aromatic amines is 1. The quantitative estimate of drug-likeness (QED) is 0.400. The number of aromatic nitrogens is 1. The SMILES string of the molecule is CCNC(=O)c1ccc(C)c(NC(=N)c2[nH]cc(C(=O)NC3CC3)c2C)c1. The third-order valence-corrected chi connectivity index (χ3v) is 4.64. The summed E-state index contributed by atoms with van der Waals surface area (Å²) in [7, 11) is 0. The standard InChI is InChI=1S/C20H25N5O2/c1-4-22-19(26)13-6-5-11(2)16(9-13)25-18(21)17-12(3)15(10-23-17)20(27)24-14-7-8-14/h5-6,9-10,14,23H,4,7-8H2,1-3H3,(H2,21,25)(H,22,26)(H,24,27). The molecule has 1 heterocycles. The molecule has 27 heavy (non-hydrogen) atoms. The van der Waals surface area contributed by atoms with E-state index in [0.29, 0.717) is 29.1 Å². The number of hydrogen-bond donors (Lipinski definition) is 5. The lowest BCUT2D eigenvalue weighted by atomic mass is 10.1. The van der Waals surface area contributed by atoms with Crippen molar-refractivity contribution in [3.8, 4) is 0 Å². The molecule has 5 N–H and O–H groups in total. The number of carbonyl (C=O) groups excluding carboxylic acids is 2. The molecule has 1 aliphatic carbocycles. The second kappa shape index (κ2) is 7.65. The van der Waals surface area contributed by atoms with Crippen LogP contribution in [0.5, 0.6) is 0 Å². The summed E-state index contributed by atoms with van der Waals surface area (Å²) in [6, 6.07) is 5.62. The molecule has 2 amide bonds. The van der Waals surface area contributed by atoms with Crippen LogP contribution in [0.25, 0.3) is 0 Å². The van der Waals surface area contributed by atoms with Crippen LogP contribution >= 0.6 is 0 Å². The molecule has 1 fully saturated rings. The zero-order valence-corrected chi connectivity index (χ0v) is 15.8. The van der Waals surface area contributed by atoms with E-state index in [-0.39, 0.29) is 23.7 Å². The van der Waals surface area contributed by atoms with Crippen LogP contribution in [-0.2, 0) is 0 Å². The molecule has 0 bridgehead atoms. The molecule has 2 aromatic rings. The van der Waals surface area contributed by atoms with Crippen molar-refractivity contribution in [1.29, 1.82) is 5.41 Å². The van der Waals surface area contributed by atoms with E-state index in [0.717, 1.165) is 24.0 Å². The van der Waals surface area contributed by atoms with Crippen LogP contribution in [-0.4, -0.2) is 35.2 Å². The molecule has 142 valence electrons. The molecule has 0 unspecified atom stereocenters. The number of anilines is 1. The summed E-state index contributed by atoms with van der Waals surface area (Å²) in [5.41, 5.74) is 3.97. The van der Waals surface area contributed by atoms with Gasteiger partial charge >= 0.3 is 0 Å². The molecule has 1 aromatic heterocycles. The van der Waals surface area contributed by atoms with Crippen molar-refractivity contribution in [2.75, 3.05) is 11.9 Å². The van der Waals surface area contributed by atoms with Crippen LogP contribution in [0, 0.1) is 19.3 Å². The van der Waals surface area contributed by atoms with Crippen molar-refractivity contribution >= 4 is 23.3 Å². The minimum Gasteiger partial charge on any atom is -0.358 e. The van der Waals surface area contributed by atoms with Crippen molar-refractivity contribution in [3.05, 3.63) is 52.3 Å². The minimum absolute atomic E-state index is 0.111. The maximum atomic E-state index is 12.3. The average Bonchev–Trinajstić information content (AvgIpc) is 3.35. The van der Waals surface area contributed by atoms with Crippen molar-refractivity contribution < 1.29 is 9.59 Å². The van der Waals surface area contributed by atoms with Crippen LogP contribution < -0.4 is 16.0 Å². The lowest BCUT2D eigenvalue weighted by Gasteiger charge is -2.12. The second-order valence-electron chi connectivity index (χ2n) is 6.84. The minimum atomic E-state index is -0.151. The number of nitrogens with one attached hydrogen (secondary N) is 5. The van der Waals surface area contributed by atoms with Gasteiger partial charge < -0.3 is 20.9 Å². The van der Waals surface area contributed by atoms with Gasteiger partial charge in [0.25, 0.3) is 11.8 Å². The van der Waals surface area contributed by atoms with E-state index >= 15 is 0 Å². The Hall–Kier alpha value is -3.09. The number of rotatable bonds is 6. The fraction of sp³-hybridized carbons (Fsp3) is 0.350. The van der Waals surface area contributed by atoms with E-state index in [1.165, 1.54) is 0 Å². The topological polar surface area (TPSA) is 110 Å². The smallest absolute Gasteiger partial charge is 0.253 e. The molecule has 1 aromatic carbocycles. The zero-order valence-electron chi connectivity index (χ0n) is 15.8. The van der Waals surface area contributed by atoms with Crippen LogP contribution in [0.4, 0.5) is 5.69 Å². The monoisotopic (exact) mass is 367 g/mol. The molecule has 0 saturated heterocycles. The molecule has 7 heteroatoms. The van der Waals surface area contributed by atoms with Gasteiger partial charge in [0.2, 0.25) is 0 Å². The van der Waals surface area contributed by atoms with Crippen LogP contribution in [0.15, 0.2) is 24.4 Å². The fourth-order valence-electron chi connectivity index (χ4n) is 2.84. The summed E-state index contributed by atoms with van der Waals surface area (Å²) in [5.74, 6) is -0.115. The van der Waals surface area contributed by atoms with Crippen LogP contribution in [0.3, 0.4) is 0 Å². The number of amides is 2. The molecule has 7 nitrogen and oxygen atoms in total. The molecule has 3 rings (SSSR count). The van der Waals surface area contributed by atoms with Crippen molar-refractivity contribution in [1.82, 2.24) is 15.6 Å². The Labute approximate surface area is 158 Å². The first-order chi connectivity index (χ1) is 12.9. The van der Waals surface area contributed by atoms with Gasteiger partial charge in [-0.3, -0.25) is 15.0 Å². The Morgan fingerprint density at radius 2 is 1.96 bits per heavy atom. The van der Waals surface area contributed by atoms with Gasteiger partial charge in [-0.05, 0) is 56.9 Å². The van der Waals surface area contributed by atoms with Gasteiger partial charge in [0.1, 0.15) is 5.84 Å². The predicted octanol–water partition coefficient (Wildman–Crippen LogP) is 2.71. The lowest BCUT2D eigenvalue weighted by Crippen LogP contribution is -2.25. The summed E-state index contributed by atoms with van der Waals surface area (Å²) < 4.78 is 0. The molecular weight excluding hydrogens is 342 g/mol. The normalized spacial score (nSPS) is 13.1. The number of aryl methyl sites for hydroxylation is 1. The first-order valence-electron chi connectivity index (χ1n) is 9.14. The summed E-state index contributed by atoms with van der Waals surface area (Å²) in [5, 5.41) is 17.2. The Morgan fingerprint density at radius 1 is 1.22 bits per heavy atom. The van der Waals surface area contributed by atoms with Gasteiger partial charge in [0.15, 0.2) is 0 Å². The molecule has 1 saturated carbocycles. The van der Waals surface area contributed by atoms with Gasteiger partial charge in [-0.1, -0.05) is 6.07 Å². The van der Waals surface area contributed by atoms with Gasteiger partial charge in [-0.25, -0.2) is 0 Å². The molecule has 0 aliphatic heterocycles. The van der Waals surface area contributed by atoms with Crippen LogP contribution in [0.1, 0.15) is 57.3 Å². The Kier molecular flexibility index (Phi) is 5.30. The van der Waals surface area contributed by atoms with Crippen LogP contribution in [0.2, 0.25) is 0 Å². The summed E-state index contributed by atoms with van der Waals surface area (Å²) in [6.07, 6.45) is 3.69. The number of amidine groups is 1. The second-order valence-corrected chi connectivity index (χ2v) is 6.84. The third-order valence-electron chi connectivity index (χ3n) is 4.64. The molecule has 1 aliphatic rings. The van der Waals surface area contributed by atoms with E-state index in [9.17, 15) is 9.59 Å². The van der Waals surface area contributed by atoms with E-state index in [1.54, 1.807) is 18.3 Å². The van der Waals surface area contributed by atoms with E-state index in [1.807, 2.05) is 26.8 Å². The Balaban J connectivity index is 1.77. The summed E-state index contributed by atoms with van der Waals surface area (Å²) in [4.78, 5) is 27.3. The third kappa shape index (κ3) is 4.19. The highest BCUT2D eigenvalue weighted by molar-refractivity contribution is 6.09. The Bertz CT molecular complexity index is 896. The number of benzene rings is 1. The van der Waals surface area contributed by atoms with Gasteiger partial charge in [-0.15, -0.1) is 0 Å². The molecule has 0 radical (unpaired) electrons. The number of hydrogen-bond acceptors (Lipinski definition) is 3. The maximum Gasteiger partial charge on any atom is 0.253 e. The number of carbonyl (C=O) groups is 2. The van der Waals surface area contributed by atoms with Gasteiger partial charge in [-0.2, -0.15) is 0 Å². The van der Waals surface area contributed by atoms with Crippen molar-refractivity contribution in [3.63, 3.8) is 0 Å².